The minimum atomic E-state index is 0.227. The third-order valence-electron chi connectivity index (χ3n) is 3.18. The number of rotatable bonds is 2. The molecule has 0 aromatic heterocycles. The van der Waals surface area contributed by atoms with E-state index in [1.807, 2.05) is 24.3 Å². The molecule has 0 saturated carbocycles. The van der Waals surface area contributed by atoms with Crippen molar-refractivity contribution >= 4 is 34.6 Å². The van der Waals surface area contributed by atoms with Gasteiger partial charge in [-0.2, -0.15) is 0 Å². The molecule has 1 aliphatic rings. The van der Waals surface area contributed by atoms with Gasteiger partial charge in [0.1, 0.15) is 0 Å². The van der Waals surface area contributed by atoms with Crippen molar-refractivity contribution in [1.82, 2.24) is 4.90 Å². The first-order valence-electron chi connectivity index (χ1n) is 6.12. The van der Waals surface area contributed by atoms with Crippen LogP contribution < -0.4 is 5.32 Å². The standard InChI is InChI=1S/C13H17ClN2OS/c14-11-5-1-2-6-12(11)15-13(18)16-7-3-4-10(8-16)9-17/h1-2,5-6,10,17H,3-4,7-9H2,(H,15,18). The Kier molecular flexibility index (Phi) is 4.80. The zero-order valence-corrected chi connectivity index (χ0v) is 11.7. The molecule has 0 aliphatic carbocycles. The molecular weight excluding hydrogens is 268 g/mol. The molecule has 1 fully saturated rings. The quantitative estimate of drug-likeness (QED) is 0.819. The van der Waals surface area contributed by atoms with Gasteiger partial charge in [-0.25, -0.2) is 0 Å². The SMILES string of the molecule is OCC1CCCN(C(=S)Nc2ccccc2Cl)C1. The third kappa shape index (κ3) is 3.34. The Morgan fingerprint density at radius 2 is 2.28 bits per heavy atom. The van der Waals surface area contributed by atoms with Crippen LogP contribution in [0.2, 0.25) is 5.02 Å². The zero-order chi connectivity index (χ0) is 13.0. The van der Waals surface area contributed by atoms with E-state index in [4.69, 9.17) is 23.8 Å². The van der Waals surface area contributed by atoms with Gasteiger partial charge in [-0.1, -0.05) is 23.7 Å². The van der Waals surface area contributed by atoms with Crippen LogP contribution in [0.1, 0.15) is 12.8 Å². The normalized spacial score (nSPS) is 19.7. The van der Waals surface area contributed by atoms with Crippen LogP contribution >= 0.6 is 23.8 Å². The highest BCUT2D eigenvalue weighted by Gasteiger charge is 2.21. The van der Waals surface area contributed by atoms with Crippen LogP contribution in [0.4, 0.5) is 5.69 Å². The largest absolute Gasteiger partial charge is 0.396 e. The van der Waals surface area contributed by atoms with Gasteiger partial charge < -0.3 is 15.3 Å². The van der Waals surface area contributed by atoms with Gasteiger partial charge >= 0.3 is 0 Å². The number of aliphatic hydroxyl groups is 1. The molecule has 0 bridgehead atoms. The highest BCUT2D eigenvalue weighted by Crippen LogP contribution is 2.22. The van der Waals surface area contributed by atoms with E-state index in [1.54, 1.807) is 0 Å². The Bertz CT molecular complexity index is 427. The lowest BCUT2D eigenvalue weighted by Gasteiger charge is -2.33. The number of hydrogen-bond acceptors (Lipinski definition) is 2. The molecule has 1 saturated heterocycles. The minimum absolute atomic E-state index is 0.227. The Morgan fingerprint density at radius 1 is 1.50 bits per heavy atom. The molecule has 3 nitrogen and oxygen atoms in total. The van der Waals surface area contributed by atoms with Crippen LogP contribution in [0.25, 0.3) is 0 Å². The number of aliphatic hydroxyl groups excluding tert-OH is 1. The number of hydrogen-bond donors (Lipinski definition) is 2. The average Bonchev–Trinajstić information content (AvgIpc) is 2.41. The summed E-state index contributed by atoms with van der Waals surface area (Å²) in [6, 6.07) is 7.55. The zero-order valence-electron chi connectivity index (χ0n) is 10.1. The van der Waals surface area contributed by atoms with Crippen molar-refractivity contribution in [2.24, 2.45) is 5.92 Å². The fourth-order valence-corrected chi connectivity index (χ4v) is 2.61. The van der Waals surface area contributed by atoms with Crippen LogP contribution in [0.3, 0.4) is 0 Å². The van der Waals surface area contributed by atoms with Gasteiger partial charge in [-0.05, 0) is 43.1 Å². The number of anilines is 1. The van der Waals surface area contributed by atoms with Crippen molar-refractivity contribution in [2.45, 2.75) is 12.8 Å². The molecule has 1 heterocycles. The van der Waals surface area contributed by atoms with Crippen molar-refractivity contribution in [1.29, 1.82) is 0 Å². The van der Waals surface area contributed by atoms with E-state index in [2.05, 4.69) is 10.2 Å². The smallest absolute Gasteiger partial charge is 0.173 e. The van der Waals surface area contributed by atoms with E-state index < -0.39 is 0 Å². The Morgan fingerprint density at radius 3 is 3.00 bits per heavy atom. The predicted molar refractivity (Wildman–Crippen MR) is 79.1 cm³/mol. The Hall–Kier alpha value is -0.840. The van der Waals surface area contributed by atoms with E-state index in [0.717, 1.165) is 31.6 Å². The fraction of sp³-hybridized carbons (Fsp3) is 0.462. The van der Waals surface area contributed by atoms with Gasteiger partial charge in [0, 0.05) is 19.7 Å². The molecule has 98 valence electrons. The predicted octanol–water partition coefficient (Wildman–Crippen LogP) is 2.74. The van der Waals surface area contributed by atoms with Crippen molar-refractivity contribution in [2.75, 3.05) is 25.0 Å². The number of para-hydroxylation sites is 1. The summed E-state index contributed by atoms with van der Waals surface area (Å²) in [4.78, 5) is 2.10. The van der Waals surface area contributed by atoms with Crippen LogP contribution in [0.5, 0.6) is 0 Å². The summed E-state index contributed by atoms with van der Waals surface area (Å²) in [5.74, 6) is 0.324. The van der Waals surface area contributed by atoms with E-state index >= 15 is 0 Å². The summed E-state index contributed by atoms with van der Waals surface area (Å²) in [5.41, 5.74) is 0.829. The molecule has 0 amide bonds. The first kappa shape index (κ1) is 13.6. The summed E-state index contributed by atoms with van der Waals surface area (Å²) in [7, 11) is 0. The van der Waals surface area contributed by atoms with E-state index in [-0.39, 0.29) is 6.61 Å². The van der Waals surface area contributed by atoms with Crippen molar-refractivity contribution in [3.05, 3.63) is 29.3 Å². The summed E-state index contributed by atoms with van der Waals surface area (Å²) in [5, 5.41) is 13.7. The minimum Gasteiger partial charge on any atom is -0.396 e. The molecule has 2 rings (SSSR count). The van der Waals surface area contributed by atoms with Crippen molar-refractivity contribution < 1.29 is 5.11 Å². The molecule has 0 spiro atoms. The average molecular weight is 285 g/mol. The second-order valence-corrected chi connectivity index (χ2v) is 5.34. The molecule has 2 N–H and O–H groups in total. The number of benzene rings is 1. The van der Waals surface area contributed by atoms with Gasteiger partial charge in [0.05, 0.1) is 10.7 Å². The first-order valence-corrected chi connectivity index (χ1v) is 6.90. The lowest BCUT2D eigenvalue weighted by atomic mass is 9.99. The van der Waals surface area contributed by atoms with Gasteiger partial charge in [0.25, 0.3) is 0 Å². The number of halogens is 1. The van der Waals surface area contributed by atoms with Gasteiger partial charge in [-0.15, -0.1) is 0 Å². The first-order chi connectivity index (χ1) is 8.70. The second-order valence-electron chi connectivity index (χ2n) is 4.55. The number of likely N-dealkylation sites (tertiary alicyclic amines) is 1. The molecule has 1 aromatic carbocycles. The maximum absolute atomic E-state index is 9.21. The molecule has 1 aliphatic heterocycles. The lowest BCUT2D eigenvalue weighted by molar-refractivity contribution is 0.162. The number of thiocarbonyl (C=S) groups is 1. The van der Waals surface area contributed by atoms with Crippen LogP contribution in [-0.4, -0.2) is 34.8 Å². The van der Waals surface area contributed by atoms with E-state index in [1.165, 1.54) is 0 Å². The highest BCUT2D eigenvalue weighted by atomic mass is 35.5. The third-order valence-corrected chi connectivity index (χ3v) is 3.87. The van der Waals surface area contributed by atoms with Crippen molar-refractivity contribution in [3.8, 4) is 0 Å². The molecule has 1 unspecified atom stereocenters. The molecule has 0 radical (unpaired) electrons. The summed E-state index contributed by atoms with van der Waals surface area (Å²) >= 11 is 11.5. The maximum Gasteiger partial charge on any atom is 0.173 e. The molecule has 5 heteroatoms. The number of piperidine rings is 1. The van der Waals surface area contributed by atoms with Gasteiger partial charge in [-0.3, -0.25) is 0 Å². The summed E-state index contributed by atoms with van der Waals surface area (Å²) in [6.07, 6.45) is 2.14. The van der Waals surface area contributed by atoms with E-state index in [0.29, 0.717) is 16.1 Å². The van der Waals surface area contributed by atoms with Crippen LogP contribution in [0, 0.1) is 5.92 Å². The fourth-order valence-electron chi connectivity index (χ4n) is 2.16. The maximum atomic E-state index is 9.21. The lowest BCUT2D eigenvalue weighted by Crippen LogP contribution is -2.43. The van der Waals surface area contributed by atoms with Crippen molar-refractivity contribution in [3.63, 3.8) is 0 Å². The molecule has 18 heavy (non-hydrogen) atoms. The monoisotopic (exact) mass is 284 g/mol. The molecule has 1 atom stereocenters. The summed E-state index contributed by atoms with van der Waals surface area (Å²) < 4.78 is 0. The van der Waals surface area contributed by atoms with Crippen LogP contribution in [-0.2, 0) is 0 Å². The highest BCUT2D eigenvalue weighted by molar-refractivity contribution is 7.80. The molecule has 1 aromatic rings. The van der Waals surface area contributed by atoms with Gasteiger partial charge in [0.2, 0.25) is 0 Å². The topological polar surface area (TPSA) is 35.5 Å². The second kappa shape index (κ2) is 6.36. The Labute approximate surface area is 118 Å². The van der Waals surface area contributed by atoms with Crippen LogP contribution in [0.15, 0.2) is 24.3 Å². The molecular formula is C13H17ClN2OS. The van der Waals surface area contributed by atoms with Gasteiger partial charge in [0.15, 0.2) is 5.11 Å². The number of nitrogens with one attached hydrogen (secondary N) is 1. The summed E-state index contributed by atoms with van der Waals surface area (Å²) in [6.45, 7) is 1.98. The van der Waals surface area contributed by atoms with E-state index in [9.17, 15) is 5.11 Å². The number of nitrogens with zero attached hydrogens (tertiary/aromatic N) is 1. The Balaban J connectivity index is 1.97.